The van der Waals surface area contributed by atoms with E-state index in [9.17, 15) is 0 Å². The molecular weight excluding hydrogens is 743 g/mol. The van der Waals surface area contributed by atoms with Crippen LogP contribution in [0.1, 0.15) is 43.6 Å². The van der Waals surface area contributed by atoms with Gasteiger partial charge in [0, 0.05) is 37.1 Å². The van der Waals surface area contributed by atoms with E-state index in [4.69, 9.17) is 0 Å². The Hall–Kier alpha value is -6.74. The Balaban J connectivity index is 1.04. The fraction of sp³-hybridized carbons (Fsp3) is 0.103. The van der Waals surface area contributed by atoms with Crippen LogP contribution in [0, 0.1) is 0 Å². The lowest BCUT2D eigenvalue weighted by atomic mass is 9.80. The van der Waals surface area contributed by atoms with Crippen molar-refractivity contribution >= 4 is 59.3 Å². The maximum absolute atomic E-state index is 2.46. The molecule has 1 heterocycles. The first-order valence-electron chi connectivity index (χ1n) is 21.4. The topological polar surface area (TPSA) is 3.24 Å². The lowest BCUT2D eigenvalue weighted by molar-refractivity contribution is 0.445. The molecule has 10 aromatic rings. The van der Waals surface area contributed by atoms with Gasteiger partial charge < -0.3 is 4.90 Å². The third-order valence-corrected chi connectivity index (χ3v) is 13.8. The highest BCUT2D eigenvalue weighted by atomic mass is 32.1. The van der Waals surface area contributed by atoms with Crippen molar-refractivity contribution in [3.63, 3.8) is 0 Å². The summed E-state index contributed by atoms with van der Waals surface area (Å²) >= 11 is 1.87. The lowest BCUT2D eigenvalue weighted by Gasteiger charge is -2.29. The zero-order chi connectivity index (χ0) is 39.8. The minimum atomic E-state index is 0.596. The van der Waals surface area contributed by atoms with Gasteiger partial charge in [-0.3, -0.25) is 0 Å². The van der Waals surface area contributed by atoms with Crippen molar-refractivity contribution < 1.29 is 0 Å². The second-order valence-corrected chi connectivity index (χ2v) is 17.3. The Morgan fingerprint density at radius 2 is 0.900 bits per heavy atom. The van der Waals surface area contributed by atoms with Crippen LogP contribution in [-0.2, 0) is 0 Å². The molecule has 1 nitrogen and oxygen atoms in total. The van der Waals surface area contributed by atoms with Crippen molar-refractivity contribution in [2.75, 3.05) is 4.90 Å². The zero-order valence-electron chi connectivity index (χ0n) is 33.6. The van der Waals surface area contributed by atoms with Crippen LogP contribution in [0.25, 0.3) is 75.5 Å². The summed E-state index contributed by atoms with van der Waals surface area (Å²) in [6.45, 7) is 0. The van der Waals surface area contributed by atoms with Gasteiger partial charge >= 0.3 is 0 Å². The molecule has 11 rings (SSSR count). The van der Waals surface area contributed by atoms with Gasteiger partial charge in [0.15, 0.2) is 0 Å². The second-order valence-electron chi connectivity index (χ2n) is 16.3. The fourth-order valence-corrected chi connectivity index (χ4v) is 10.9. The molecule has 1 saturated carbocycles. The average Bonchev–Trinajstić information content (AvgIpc) is 3.72. The van der Waals surface area contributed by atoms with Crippen LogP contribution in [0.15, 0.2) is 206 Å². The Labute approximate surface area is 356 Å². The minimum absolute atomic E-state index is 0.596. The Morgan fingerprint density at radius 3 is 1.63 bits per heavy atom. The number of hydrogen-bond acceptors (Lipinski definition) is 2. The van der Waals surface area contributed by atoms with Crippen LogP contribution in [0.4, 0.5) is 17.1 Å². The Morgan fingerprint density at radius 1 is 0.367 bits per heavy atom. The van der Waals surface area contributed by atoms with Crippen molar-refractivity contribution in [3.05, 3.63) is 212 Å². The van der Waals surface area contributed by atoms with Crippen molar-refractivity contribution in [1.82, 2.24) is 0 Å². The molecule has 0 radical (unpaired) electrons. The fourth-order valence-electron chi connectivity index (χ4n) is 9.77. The molecule has 0 bridgehead atoms. The molecule has 0 aliphatic heterocycles. The maximum atomic E-state index is 2.46. The van der Waals surface area contributed by atoms with Gasteiger partial charge in [-0.15, -0.1) is 11.3 Å². The van der Waals surface area contributed by atoms with E-state index in [1.165, 1.54) is 119 Å². The van der Waals surface area contributed by atoms with Crippen molar-refractivity contribution in [1.29, 1.82) is 0 Å². The molecular formula is C58H45NS. The highest BCUT2D eigenvalue weighted by Gasteiger charge is 2.23. The van der Waals surface area contributed by atoms with Crippen LogP contribution >= 0.6 is 11.3 Å². The van der Waals surface area contributed by atoms with Crippen LogP contribution < -0.4 is 4.90 Å². The van der Waals surface area contributed by atoms with Crippen molar-refractivity contribution in [3.8, 4) is 44.5 Å². The Kier molecular flexibility index (Phi) is 9.56. The minimum Gasteiger partial charge on any atom is -0.310 e. The number of fused-ring (bicyclic) bond motifs is 4. The molecule has 0 saturated heterocycles. The molecule has 0 N–H and O–H groups in total. The van der Waals surface area contributed by atoms with Crippen LogP contribution in [0.3, 0.4) is 0 Å². The molecule has 60 heavy (non-hydrogen) atoms. The number of benzene rings is 9. The van der Waals surface area contributed by atoms with Gasteiger partial charge in [0.05, 0.1) is 5.69 Å². The van der Waals surface area contributed by atoms with E-state index in [0.29, 0.717) is 5.92 Å². The summed E-state index contributed by atoms with van der Waals surface area (Å²) in [6, 6.07) is 76.4. The molecule has 1 aliphatic rings. The van der Waals surface area contributed by atoms with E-state index >= 15 is 0 Å². The summed E-state index contributed by atoms with van der Waals surface area (Å²) in [7, 11) is 0. The van der Waals surface area contributed by atoms with Gasteiger partial charge in [-0.25, -0.2) is 0 Å². The van der Waals surface area contributed by atoms with Crippen molar-refractivity contribution in [2.24, 2.45) is 0 Å². The number of anilines is 3. The summed E-state index contributed by atoms with van der Waals surface area (Å²) in [6.07, 6.45) is 6.51. The zero-order valence-corrected chi connectivity index (χ0v) is 34.4. The highest BCUT2D eigenvalue weighted by molar-refractivity contribution is 7.25. The summed E-state index contributed by atoms with van der Waals surface area (Å²) in [5, 5.41) is 5.38. The lowest BCUT2D eigenvalue weighted by Crippen LogP contribution is -2.11. The van der Waals surface area contributed by atoms with E-state index in [1.807, 2.05) is 11.3 Å². The number of rotatable bonds is 8. The predicted octanol–water partition coefficient (Wildman–Crippen LogP) is 17.4. The highest BCUT2D eigenvalue weighted by Crippen LogP contribution is 2.47. The summed E-state index contributed by atoms with van der Waals surface area (Å²) in [5.74, 6) is 0.596. The first-order chi connectivity index (χ1) is 29.8. The number of thiophene rings is 1. The summed E-state index contributed by atoms with van der Waals surface area (Å²) < 4.78 is 2.65. The van der Waals surface area contributed by atoms with Gasteiger partial charge in [-0.05, 0) is 117 Å². The van der Waals surface area contributed by atoms with Crippen LogP contribution in [0.5, 0.6) is 0 Å². The quantitative estimate of drug-likeness (QED) is 0.148. The molecule has 2 heteroatoms. The molecule has 0 spiro atoms. The van der Waals surface area contributed by atoms with Crippen LogP contribution in [0.2, 0.25) is 0 Å². The predicted molar refractivity (Wildman–Crippen MR) is 259 cm³/mol. The van der Waals surface area contributed by atoms with Crippen LogP contribution in [-0.4, -0.2) is 0 Å². The average molecular weight is 788 g/mol. The van der Waals surface area contributed by atoms with Gasteiger partial charge in [-0.2, -0.15) is 0 Å². The smallest absolute Gasteiger partial charge is 0.0540 e. The van der Waals surface area contributed by atoms with E-state index in [-0.39, 0.29) is 0 Å². The number of hydrogen-bond donors (Lipinski definition) is 0. The van der Waals surface area contributed by atoms with E-state index in [2.05, 4.69) is 211 Å². The third-order valence-electron chi connectivity index (χ3n) is 12.7. The van der Waals surface area contributed by atoms with E-state index in [0.717, 1.165) is 11.4 Å². The molecule has 288 valence electrons. The van der Waals surface area contributed by atoms with Gasteiger partial charge in [-0.1, -0.05) is 183 Å². The standard InChI is InChI=1S/C58H45NS/c1-3-14-40(15-4-1)41-28-30-42(31-29-41)43-32-36-47(37-33-43)59(48-38-34-45(35-39-48)50-23-13-27-56-58(50)53-21-8-10-26-55(53)60-56)54-25-9-7-20-51(54)52-24-12-19-46-18-11-22-49(57(46)52)44-16-5-2-6-17-44/h1,3-4,7-15,18-39,44H,2,5-6,16-17H2. The second kappa shape index (κ2) is 15.8. The first kappa shape index (κ1) is 36.3. The first-order valence-corrected chi connectivity index (χ1v) is 22.3. The Bertz CT molecular complexity index is 3090. The molecule has 1 aromatic heterocycles. The molecule has 0 amide bonds. The van der Waals surface area contributed by atoms with Crippen molar-refractivity contribution in [2.45, 2.75) is 38.0 Å². The largest absolute Gasteiger partial charge is 0.310 e. The van der Waals surface area contributed by atoms with Gasteiger partial charge in [0.25, 0.3) is 0 Å². The molecule has 0 atom stereocenters. The molecule has 1 fully saturated rings. The molecule has 9 aromatic carbocycles. The molecule has 1 aliphatic carbocycles. The van der Waals surface area contributed by atoms with E-state index < -0.39 is 0 Å². The van der Waals surface area contributed by atoms with E-state index in [1.54, 1.807) is 0 Å². The van der Waals surface area contributed by atoms with Gasteiger partial charge in [0.1, 0.15) is 0 Å². The SMILES string of the molecule is c1ccc(-c2ccc(-c3ccc(N(c4ccc(-c5cccc6sc7ccccc7c56)cc4)c4ccccc4-c4cccc5cccc(C6CCCCC6)c45)cc3)cc2)cc1. The monoisotopic (exact) mass is 787 g/mol. The number of para-hydroxylation sites is 1. The van der Waals surface area contributed by atoms with Gasteiger partial charge in [0.2, 0.25) is 0 Å². The summed E-state index contributed by atoms with van der Waals surface area (Å²) in [5.41, 5.74) is 14.8. The third kappa shape index (κ3) is 6.68. The normalized spacial score (nSPS) is 13.3. The maximum Gasteiger partial charge on any atom is 0.0540 e. The molecule has 0 unspecified atom stereocenters. The summed E-state index contributed by atoms with van der Waals surface area (Å²) in [4.78, 5) is 2.46. The number of nitrogens with zero attached hydrogens (tertiary/aromatic N) is 1.